The van der Waals surface area contributed by atoms with Gasteiger partial charge in [-0.25, -0.2) is 0 Å². The second-order valence-corrected chi connectivity index (χ2v) is 4.07. The molecular formula is C6H5ClKNO4S. The monoisotopic (exact) mass is 261 g/mol. The summed E-state index contributed by atoms with van der Waals surface area (Å²) in [6.45, 7) is 0. The molecule has 0 amide bonds. The number of rotatable bonds is 1. The van der Waals surface area contributed by atoms with Gasteiger partial charge in [-0.3, -0.25) is 4.55 Å². The van der Waals surface area contributed by atoms with E-state index in [1.54, 1.807) is 0 Å². The Hall–Kier alpha value is 0.656. The number of nitrogens with two attached hydrogens (primary N) is 1. The Morgan fingerprint density at radius 2 is 1.93 bits per heavy atom. The molecule has 1 rings (SSSR count). The van der Waals surface area contributed by atoms with E-state index in [0.29, 0.717) is 0 Å². The van der Waals surface area contributed by atoms with Gasteiger partial charge in [-0.1, -0.05) is 17.4 Å². The van der Waals surface area contributed by atoms with Gasteiger partial charge < -0.3 is 10.8 Å². The molecule has 14 heavy (non-hydrogen) atoms. The zero-order valence-corrected chi connectivity index (χ0v) is 11.9. The van der Waals surface area contributed by atoms with E-state index in [2.05, 4.69) is 0 Å². The Labute approximate surface area is 128 Å². The molecule has 0 heterocycles. The predicted octanol–water partition coefficient (Wildman–Crippen LogP) is -2.75. The van der Waals surface area contributed by atoms with Crippen LogP contribution >= 0.6 is 11.6 Å². The zero-order valence-electron chi connectivity index (χ0n) is 7.19. The summed E-state index contributed by atoms with van der Waals surface area (Å²) in [5.74, 6) is -0.741. The molecule has 1 aromatic rings. The van der Waals surface area contributed by atoms with Gasteiger partial charge in [0.05, 0.1) is 5.02 Å². The molecule has 0 spiro atoms. The molecule has 0 saturated heterocycles. The summed E-state index contributed by atoms with van der Waals surface area (Å²) >= 11 is 5.34. The van der Waals surface area contributed by atoms with Crippen molar-refractivity contribution in [1.82, 2.24) is 0 Å². The zero-order chi connectivity index (χ0) is 10.2. The molecule has 8 heteroatoms. The van der Waals surface area contributed by atoms with Crippen molar-refractivity contribution in [3.63, 3.8) is 0 Å². The van der Waals surface area contributed by atoms with Crippen LogP contribution < -0.4 is 62.2 Å². The van der Waals surface area contributed by atoms with Crippen molar-refractivity contribution >= 4 is 27.4 Å². The molecule has 0 aliphatic rings. The maximum Gasteiger partial charge on any atom is 1.00 e. The molecule has 0 aliphatic heterocycles. The van der Waals surface area contributed by atoms with Crippen LogP contribution in [0.1, 0.15) is 0 Å². The predicted molar refractivity (Wildman–Crippen MR) is 45.1 cm³/mol. The number of hydrogen-bond acceptors (Lipinski definition) is 4. The van der Waals surface area contributed by atoms with Gasteiger partial charge in [-0.15, -0.1) is 0 Å². The third-order valence-corrected chi connectivity index (χ3v) is 2.69. The summed E-state index contributed by atoms with van der Waals surface area (Å²) in [6.07, 6.45) is 0. The van der Waals surface area contributed by atoms with Crippen LogP contribution in [-0.4, -0.2) is 13.0 Å². The summed E-state index contributed by atoms with van der Waals surface area (Å²) in [5.41, 5.74) is 5.12. The maximum atomic E-state index is 10.9. The van der Waals surface area contributed by atoms with E-state index in [1.807, 2.05) is 0 Å². The molecule has 1 aromatic carbocycles. The van der Waals surface area contributed by atoms with Crippen LogP contribution in [0.25, 0.3) is 0 Å². The Bertz CT molecular complexity index is 447. The van der Waals surface area contributed by atoms with Crippen molar-refractivity contribution in [2.24, 2.45) is 0 Å². The third-order valence-electron chi connectivity index (χ3n) is 1.31. The second kappa shape index (κ2) is 5.13. The van der Waals surface area contributed by atoms with Crippen LogP contribution in [0, 0.1) is 0 Å². The summed E-state index contributed by atoms with van der Waals surface area (Å²) < 4.78 is 29.9. The SMILES string of the molecule is Nc1cc([O-])c(Cl)c(S(=O)(=O)O)c1.[K+]. The van der Waals surface area contributed by atoms with Gasteiger partial charge in [0.2, 0.25) is 0 Å². The van der Waals surface area contributed by atoms with Crippen molar-refractivity contribution in [2.45, 2.75) is 4.90 Å². The Kier molecular flexibility index (Phi) is 5.37. The standard InChI is InChI=1S/C6H6ClNO4S.K/c7-6-4(9)1-3(8)2-5(6)13(10,11)12;/h1-2,9H,8H2,(H,10,11,12);/q;+1/p-1. The quantitative estimate of drug-likeness (QED) is 0.324. The molecule has 0 unspecified atom stereocenters. The average Bonchev–Trinajstić information content (AvgIpc) is 1.94. The number of hydrogen-bond donors (Lipinski definition) is 2. The minimum atomic E-state index is -4.49. The van der Waals surface area contributed by atoms with Gasteiger partial charge in [0.25, 0.3) is 10.1 Å². The average molecular weight is 262 g/mol. The van der Waals surface area contributed by atoms with E-state index < -0.39 is 25.8 Å². The first kappa shape index (κ1) is 14.7. The fraction of sp³-hybridized carbons (Fsp3) is 0. The largest absolute Gasteiger partial charge is 1.00 e. The molecule has 0 saturated carbocycles. The normalized spacial score (nSPS) is 10.7. The molecule has 72 valence electrons. The van der Waals surface area contributed by atoms with Crippen molar-refractivity contribution in [1.29, 1.82) is 0 Å². The van der Waals surface area contributed by atoms with Crippen molar-refractivity contribution in [3.8, 4) is 5.75 Å². The Balaban J connectivity index is 0.00000169. The summed E-state index contributed by atoms with van der Waals surface area (Å²) in [5, 5.41) is 10.4. The second-order valence-electron chi connectivity index (χ2n) is 2.31. The van der Waals surface area contributed by atoms with Crippen molar-refractivity contribution in [3.05, 3.63) is 17.2 Å². The number of nitrogen functional groups attached to an aromatic ring is 1. The van der Waals surface area contributed by atoms with Crippen LogP contribution in [0.3, 0.4) is 0 Å². The van der Waals surface area contributed by atoms with Crippen molar-refractivity contribution in [2.75, 3.05) is 5.73 Å². The first-order chi connectivity index (χ1) is 5.82. The summed E-state index contributed by atoms with van der Waals surface area (Å²) in [4.78, 5) is -0.667. The molecule has 0 aromatic heterocycles. The molecule has 0 bridgehead atoms. The number of benzene rings is 1. The Morgan fingerprint density at radius 3 is 2.36 bits per heavy atom. The van der Waals surface area contributed by atoms with Crippen LogP contribution in [0.2, 0.25) is 5.02 Å². The topological polar surface area (TPSA) is 103 Å². The Morgan fingerprint density at radius 1 is 1.43 bits per heavy atom. The summed E-state index contributed by atoms with van der Waals surface area (Å²) in [6, 6.07) is 1.88. The first-order valence-corrected chi connectivity index (χ1v) is 4.87. The molecule has 0 aliphatic carbocycles. The minimum Gasteiger partial charge on any atom is -0.871 e. The van der Waals surface area contributed by atoms with Crippen LogP contribution in [0.5, 0.6) is 5.75 Å². The summed E-state index contributed by atoms with van der Waals surface area (Å²) in [7, 11) is -4.49. The van der Waals surface area contributed by atoms with Gasteiger partial charge in [0.15, 0.2) is 0 Å². The first-order valence-electron chi connectivity index (χ1n) is 3.06. The van der Waals surface area contributed by atoms with Crippen molar-refractivity contribution < 1.29 is 69.5 Å². The smallest absolute Gasteiger partial charge is 0.871 e. The minimum absolute atomic E-state index is 0. The van der Waals surface area contributed by atoms with E-state index in [-0.39, 0.29) is 57.1 Å². The van der Waals surface area contributed by atoms with Gasteiger partial charge in [-0.2, -0.15) is 8.42 Å². The molecule has 0 fully saturated rings. The molecule has 0 radical (unpaired) electrons. The number of anilines is 1. The van der Waals surface area contributed by atoms with Crippen LogP contribution in [-0.2, 0) is 10.1 Å². The van der Waals surface area contributed by atoms with Gasteiger partial charge >= 0.3 is 51.4 Å². The van der Waals surface area contributed by atoms with Gasteiger partial charge in [-0.05, 0) is 12.1 Å². The van der Waals surface area contributed by atoms with E-state index in [4.69, 9.17) is 21.9 Å². The van der Waals surface area contributed by atoms with Gasteiger partial charge in [0.1, 0.15) is 4.90 Å². The molecule has 5 nitrogen and oxygen atoms in total. The fourth-order valence-corrected chi connectivity index (χ4v) is 1.79. The molecule has 0 atom stereocenters. The molecule has 3 N–H and O–H groups in total. The van der Waals surface area contributed by atoms with E-state index in [9.17, 15) is 13.5 Å². The van der Waals surface area contributed by atoms with E-state index >= 15 is 0 Å². The van der Waals surface area contributed by atoms with E-state index in [1.165, 1.54) is 0 Å². The fourth-order valence-electron chi connectivity index (χ4n) is 0.780. The third kappa shape index (κ3) is 3.35. The molecular weight excluding hydrogens is 257 g/mol. The van der Waals surface area contributed by atoms with Gasteiger partial charge in [0, 0.05) is 5.69 Å². The van der Waals surface area contributed by atoms with Crippen LogP contribution in [0.4, 0.5) is 5.69 Å². The number of halogens is 1. The van der Waals surface area contributed by atoms with E-state index in [0.717, 1.165) is 12.1 Å². The maximum absolute atomic E-state index is 10.9. The van der Waals surface area contributed by atoms with Crippen LogP contribution in [0.15, 0.2) is 17.0 Å².